The minimum absolute atomic E-state index is 0.774. The Kier molecular flexibility index (Phi) is 3.41. The Labute approximate surface area is 94.7 Å². The second kappa shape index (κ2) is 4.99. The van der Waals surface area contributed by atoms with Crippen molar-refractivity contribution in [2.75, 3.05) is 13.6 Å². The van der Waals surface area contributed by atoms with Crippen LogP contribution in [-0.4, -0.2) is 18.6 Å². The van der Waals surface area contributed by atoms with Crippen LogP contribution in [0, 0.1) is 6.92 Å². The van der Waals surface area contributed by atoms with E-state index < -0.39 is 0 Å². The molecule has 16 heavy (non-hydrogen) atoms. The van der Waals surface area contributed by atoms with E-state index in [1.165, 1.54) is 0 Å². The van der Waals surface area contributed by atoms with Crippen LogP contribution in [-0.2, 0) is 6.42 Å². The van der Waals surface area contributed by atoms with Gasteiger partial charge in [0.1, 0.15) is 12.0 Å². The summed E-state index contributed by atoms with van der Waals surface area (Å²) < 4.78 is 10.9. The van der Waals surface area contributed by atoms with Gasteiger partial charge in [-0.3, -0.25) is 0 Å². The lowest BCUT2D eigenvalue weighted by molar-refractivity contribution is 0.493. The molecule has 0 fully saturated rings. The van der Waals surface area contributed by atoms with E-state index in [-0.39, 0.29) is 0 Å². The molecule has 4 nitrogen and oxygen atoms in total. The molecule has 0 radical (unpaired) electrons. The lowest BCUT2D eigenvalue weighted by Crippen LogP contribution is -2.08. The van der Waals surface area contributed by atoms with Crippen molar-refractivity contribution in [2.24, 2.45) is 0 Å². The van der Waals surface area contributed by atoms with Crippen LogP contribution >= 0.6 is 0 Å². The summed E-state index contributed by atoms with van der Waals surface area (Å²) in [4.78, 5) is 4.24. The van der Waals surface area contributed by atoms with Gasteiger partial charge in [0.25, 0.3) is 0 Å². The van der Waals surface area contributed by atoms with E-state index in [0.29, 0.717) is 0 Å². The Morgan fingerprint density at radius 2 is 2.31 bits per heavy atom. The van der Waals surface area contributed by atoms with Crippen LogP contribution in [0.15, 0.2) is 27.4 Å². The largest absolute Gasteiger partial charge is 0.469 e. The average Bonchev–Trinajstić information content (AvgIpc) is 2.87. The fourth-order valence-corrected chi connectivity index (χ4v) is 1.55. The maximum Gasteiger partial charge on any atom is 0.194 e. The summed E-state index contributed by atoms with van der Waals surface area (Å²) in [5.74, 6) is 2.43. The first-order chi connectivity index (χ1) is 7.79. The first-order valence-corrected chi connectivity index (χ1v) is 5.44. The van der Waals surface area contributed by atoms with Crippen molar-refractivity contribution < 1.29 is 8.83 Å². The van der Waals surface area contributed by atoms with Gasteiger partial charge in [0, 0.05) is 6.42 Å². The van der Waals surface area contributed by atoms with Crippen molar-refractivity contribution in [3.8, 4) is 11.3 Å². The van der Waals surface area contributed by atoms with Crippen LogP contribution in [0.4, 0.5) is 0 Å². The highest BCUT2D eigenvalue weighted by atomic mass is 16.4. The molecule has 0 aliphatic rings. The van der Waals surface area contributed by atoms with E-state index in [9.17, 15) is 0 Å². The summed E-state index contributed by atoms with van der Waals surface area (Å²) >= 11 is 0. The Balaban J connectivity index is 2.02. The van der Waals surface area contributed by atoms with E-state index in [4.69, 9.17) is 8.83 Å². The second-order valence-electron chi connectivity index (χ2n) is 3.77. The number of nitrogens with one attached hydrogen (secondary N) is 1. The molecule has 2 aromatic heterocycles. The van der Waals surface area contributed by atoms with Crippen molar-refractivity contribution in [3.63, 3.8) is 0 Å². The van der Waals surface area contributed by atoms with Gasteiger partial charge in [-0.05, 0) is 33.0 Å². The number of hydrogen-bond donors (Lipinski definition) is 1. The van der Waals surface area contributed by atoms with Gasteiger partial charge in [-0.15, -0.1) is 0 Å². The lowest BCUT2D eigenvalue weighted by atomic mass is 10.3. The van der Waals surface area contributed by atoms with Crippen LogP contribution in [0.1, 0.15) is 18.1 Å². The summed E-state index contributed by atoms with van der Waals surface area (Å²) in [5, 5.41) is 3.10. The normalized spacial score (nSPS) is 10.9. The fraction of sp³-hybridized carbons (Fsp3) is 0.417. The third-order valence-electron chi connectivity index (χ3n) is 2.39. The molecule has 0 saturated heterocycles. The Bertz CT molecular complexity index is 445. The van der Waals surface area contributed by atoms with E-state index in [0.717, 1.165) is 42.4 Å². The second-order valence-corrected chi connectivity index (χ2v) is 3.77. The van der Waals surface area contributed by atoms with Gasteiger partial charge in [0.2, 0.25) is 0 Å². The third kappa shape index (κ3) is 2.52. The smallest absolute Gasteiger partial charge is 0.194 e. The molecule has 86 valence electrons. The zero-order chi connectivity index (χ0) is 11.4. The maximum absolute atomic E-state index is 5.63. The summed E-state index contributed by atoms with van der Waals surface area (Å²) in [7, 11) is 1.94. The maximum atomic E-state index is 5.63. The minimum atomic E-state index is 0.774. The van der Waals surface area contributed by atoms with Crippen LogP contribution in [0.25, 0.3) is 11.3 Å². The summed E-state index contributed by atoms with van der Waals surface area (Å²) in [5.41, 5.74) is 0.949. The minimum Gasteiger partial charge on any atom is -0.469 e. The standard InChI is InChI=1S/C12H16N2O2/c1-9-6-10(8-15-9)11-7-14-12(16-11)4-3-5-13-2/h6-8,13H,3-5H2,1-2H3. The van der Waals surface area contributed by atoms with Crippen LogP contribution < -0.4 is 5.32 Å². The van der Waals surface area contributed by atoms with Gasteiger partial charge in [-0.2, -0.15) is 0 Å². The number of nitrogens with zero attached hydrogens (tertiary/aromatic N) is 1. The number of aromatic nitrogens is 1. The number of aryl methyl sites for hydroxylation is 2. The number of rotatable bonds is 5. The summed E-state index contributed by atoms with van der Waals surface area (Å²) in [6.45, 7) is 2.89. The molecule has 1 N–H and O–H groups in total. The molecule has 2 rings (SSSR count). The molecule has 0 bridgehead atoms. The van der Waals surface area contributed by atoms with E-state index in [1.807, 2.05) is 20.0 Å². The molecule has 0 amide bonds. The first-order valence-electron chi connectivity index (χ1n) is 5.44. The highest BCUT2D eigenvalue weighted by Gasteiger charge is 2.08. The van der Waals surface area contributed by atoms with E-state index in [1.54, 1.807) is 12.5 Å². The molecule has 0 aliphatic carbocycles. The molecule has 2 heterocycles. The number of furan rings is 1. The fourth-order valence-electron chi connectivity index (χ4n) is 1.55. The molecule has 2 aromatic rings. The molecule has 0 saturated carbocycles. The Hall–Kier alpha value is -1.55. The predicted molar refractivity (Wildman–Crippen MR) is 61.2 cm³/mol. The average molecular weight is 220 g/mol. The molecule has 0 aliphatic heterocycles. The number of oxazole rings is 1. The van der Waals surface area contributed by atoms with Gasteiger partial charge < -0.3 is 14.2 Å². The quantitative estimate of drug-likeness (QED) is 0.786. The number of hydrogen-bond acceptors (Lipinski definition) is 4. The monoisotopic (exact) mass is 220 g/mol. The Morgan fingerprint density at radius 1 is 1.44 bits per heavy atom. The molecular formula is C12H16N2O2. The van der Waals surface area contributed by atoms with Crippen molar-refractivity contribution in [3.05, 3.63) is 30.2 Å². The topological polar surface area (TPSA) is 51.2 Å². The van der Waals surface area contributed by atoms with Crippen LogP contribution in [0.2, 0.25) is 0 Å². The summed E-state index contributed by atoms with van der Waals surface area (Å²) in [6.07, 6.45) is 5.32. The zero-order valence-electron chi connectivity index (χ0n) is 9.62. The summed E-state index contributed by atoms with van der Waals surface area (Å²) in [6, 6.07) is 1.94. The SMILES string of the molecule is CNCCCc1ncc(-c2coc(C)c2)o1. The molecule has 0 aromatic carbocycles. The third-order valence-corrected chi connectivity index (χ3v) is 2.39. The highest BCUT2D eigenvalue weighted by Crippen LogP contribution is 2.22. The molecule has 0 spiro atoms. The van der Waals surface area contributed by atoms with E-state index in [2.05, 4.69) is 10.3 Å². The van der Waals surface area contributed by atoms with Crippen LogP contribution in [0.5, 0.6) is 0 Å². The predicted octanol–water partition coefficient (Wildman–Crippen LogP) is 2.40. The molecular weight excluding hydrogens is 204 g/mol. The van der Waals surface area contributed by atoms with Gasteiger partial charge in [0.15, 0.2) is 11.7 Å². The van der Waals surface area contributed by atoms with Gasteiger partial charge in [-0.25, -0.2) is 4.98 Å². The van der Waals surface area contributed by atoms with Crippen molar-refractivity contribution >= 4 is 0 Å². The van der Waals surface area contributed by atoms with Crippen molar-refractivity contribution in [1.29, 1.82) is 0 Å². The first kappa shape index (κ1) is 11.0. The van der Waals surface area contributed by atoms with Gasteiger partial charge >= 0.3 is 0 Å². The van der Waals surface area contributed by atoms with Gasteiger partial charge in [0.05, 0.1) is 11.8 Å². The Morgan fingerprint density at radius 3 is 3.00 bits per heavy atom. The van der Waals surface area contributed by atoms with Gasteiger partial charge in [-0.1, -0.05) is 0 Å². The molecule has 0 unspecified atom stereocenters. The molecule has 0 atom stereocenters. The lowest BCUT2D eigenvalue weighted by Gasteiger charge is -1.95. The van der Waals surface area contributed by atoms with Crippen molar-refractivity contribution in [1.82, 2.24) is 10.3 Å². The molecule has 4 heteroatoms. The van der Waals surface area contributed by atoms with Crippen molar-refractivity contribution in [2.45, 2.75) is 19.8 Å². The van der Waals surface area contributed by atoms with Crippen LogP contribution in [0.3, 0.4) is 0 Å². The highest BCUT2D eigenvalue weighted by molar-refractivity contribution is 5.55. The van der Waals surface area contributed by atoms with E-state index >= 15 is 0 Å². The zero-order valence-corrected chi connectivity index (χ0v) is 9.62.